The number of carbonyl (C=O) groups excluding carboxylic acids is 1. The van der Waals surface area contributed by atoms with Crippen LogP contribution in [0, 0.1) is 6.92 Å². The number of nitrogens with one attached hydrogen (secondary N) is 1. The van der Waals surface area contributed by atoms with Crippen LogP contribution >= 0.6 is 0 Å². The lowest BCUT2D eigenvalue weighted by Crippen LogP contribution is -2.52. The molecule has 0 spiro atoms. The van der Waals surface area contributed by atoms with Gasteiger partial charge < -0.3 is 5.32 Å². The number of nitrogens with zero attached hydrogens (tertiary/aromatic N) is 1. The Kier molecular flexibility index (Phi) is 4.25. The highest BCUT2D eigenvalue weighted by Gasteiger charge is 2.42. The lowest BCUT2D eigenvalue weighted by molar-refractivity contribution is -0.131. The summed E-state index contributed by atoms with van der Waals surface area (Å²) in [5.74, 6) is 0.166. The van der Waals surface area contributed by atoms with E-state index >= 15 is 0 Å². The van der Waals surface area contributed by atoms with Crippen molar-refractivity contribution in [3.63, 3.8) is 0 Å². The SMILES string of the molecule is CCNC(=O)C1(C)CCCN1Cc1ccc(C)cc1. The normalized spacial score (nSPS) is 23.5. The summed E-state index contributed by atoms with van der Waals surface area (Å²) in [6.07, 6.45) is 2.05. The molecule has 19 heavy (non-hydrogen) atoms. The summed E-state index contributed by atoms with van der Waals surface area (Å²) in [5.41, 5.74) is 2.21. The van der Waals surface area contributed by atoms with Crippen LogP contribution in [-0.2, 0) is 11.3 Å². The average molecular weight is 260 g/mol. The molecule has 1 aromatic rings. The first-order valence-electron chi connectivity index (χ1n) is 7.15. The Morgan fingerprint density at radius 1 is 1.37 bits per heavy atom. The molecule has 1 atom stereocenters. The van der Waals surface area contributed by atoms with Crippen LogP contribution < -0.4 is 5.32 Å². The standard InChI is InChI=1S/C16H24N2O/c1-4-17-15(19)16(3)10-5-11-18(16)12-14-8-6-13(2)7-9-14/h6-9H,4-5,10-12H2,1-3H3,(H,17,19). The van der Waals surface area contributed by atoms with Gasteiger partial charge >= 0.3 is 0 Å². The van der Waals surface area contributed by atoms with Crippen molar-refractivity contribution in [2.75, 3.05) is 13.1 Å². The maximum absolute atomic E-state index is 12.3. The van der Waals surface area contributed by atoms with E-state index in [9.17, 15) is 4.79 Å². The number of carbonyl (C=O) groups is 1. The van der Waals surface area contributed by atoms with Crippen LogP contribution in [0.5, 0.6) is 0 Å². The van der Waals surface area contributed by atoms with E-state index < -0.39 is 0 Å². The molecule has 1 aliphatic heterocycles. The molecule has 1 unspecified atom stereocenters. The zero-order chi connectivity index (χ0) is 13.9. The average Bonchev–Trinajstić information content (AvgIpc) is 2.75. The van der Waals surface area contributed by atoms with Crippen LogP contribution in [0.4, 0.5) is 0 Å². The predicted octanol–water partition coefficient (Wildman–Crippen LogP) is 2.49. The van der Waals surface area contributed by atoms with Gasteiger partial charge in [-0.15, -0.1) is 0 Å². The molecule has 2 rings (SSSR count). The molecule has 1 aromatic carbocycles. The molecule has 1 fully saturated rings. The molecule has 0 aliphatic carbocycles. The van der Waals surface area contributed by atoms with E-state index in [1.165, 1.54) is 11.1 Å². The molecule has 1 N–H and O–H groups in total. The molecule has 0 radical (unpaired) electrons. The Morgan fingerprint density at radius 2 is 2.05 bits per heavy atom. The number of benzene rings is 1. The molecule has 1 heterocycles. The molecular formula is C16H24N2O. The van der Waals surface area contributed by atoms with Gasteiger partial charge in [0, 0.05) is 13.1 Å². The fourth-order valence-corrected chi connectivity index (χ4v) is 2.79. The van der Waals surface area contributed by atoms with E-state index in [0.717, 1.165) is 25.9 Å². The Morgan fingerprint density at radius 3 is 2.68 bits per heavy atom. The Bertz CT molecular complexity index is 441. The molecule has 1 aliphatic rings. The Balaban J connectivity index is 2.10. The van der Waals surface area contributed by atoms with Gasteiger partial charge in [0.2, 0.25) is 5.91 Å². The minimum Gasteiger partial charge on any atom is -0.355 e. The third kappa shape index (κ3) is 2.98. The summed E-state index contributed by atoms with van der Waals surface area (Å²) < 4.78 is 0. The van der Waals surface area contributed by atoms with Crippen molar-refractivity contribution >= 4 is 5.91 Å². The highest BCUT2D eigenvalue weighted by Crippen LogP contribution is 2.30. The number of aryl methyl sites for hydroxylation is 1. The fourth-order valence-electron chi connectivity index (χ4n) is 2.79. The quantitative estimate of drug-likeness (QED) is 0.902. The highest BCUT2D eigenvalue weighted by atomic mass is 16.2. The largest absolute Gasteiger partial charge is 0.355 e. The van der Waals surface area contributed by atoms with Gasteiger partial charge in [-0.25, -0.2) is 0 Å². The summed E-state index contributed by atoms with van der Waals surface area (Å²) >= 11 is 0. The van der Waals surface area contributed by atoms with Crippen LogP contribution in [0.15, 0.2) is 24.3 Å². The zero-order valence-corrected chi connectivity index (χ0v) is 12.2. The van der Waals surface area contributed by atoms with Crippen molar-refractivity contribution in [3.05, 3.63) is 35.4 Å². The summed E-state index contributed by atoms with van der Waals surface area (Å²) in [4.78, 5) is 14.6. The van der Waals surface area contributed by atoms with Gasteiger partial charge in [-0.3, -0.25) is 9.69 Å². The maximum atomic E-state index is 12.3. The third-order valence-electron chi connectivity index (χ3n) is 4.11. The van der Waals surface area contributed by atoms with Gasteiger partial charge in [0.15, 0.2) is 0 Å². The monoisotopic (exact) mass is 260 g/mol. The minimum atomic E-state index is -0.346. The van der Waals surface area contributed by atoms with E-state index in [4.69, 9.17) is 0 Å². The summed E-state index contributed by atoms with van der Waals surface area (Å²) in [5, 5.41) is 2.97. The van der Waals surface area contributed by atoms with E-state index in [2.05, 4.69) is 48.3 Å². The molecule has 1 saturated heterocycles. The molecule has 0 bridgehead atoms. The van der Waals surface area contributed by atoms with Gasteiger partial charge in [-0.05, 0) is 45.7 Å². The summed E-state index contributed by atoms with van der Waals surface area (Å²) in [6.45, 7) is 8.69. The van der Waals surface area contributed by atoms with Gasteiger partial charge in [0.1, 0.15) is 0 Å². The van der Waals surface area contributed by atoms with Crippen molar-refractivity contribution in [2.45, 2.75) is 45.7 Å². The van der Waals surface area contributed by atoms with Crippen LogP contribution in [0.3, 0.4) is 0 Å². The van der Waals surface area contributed by atoms with Crippen molar-refractivity contribution in [1.82, 2.24) is 10.2 Å². The number of likely N-dealkylation sites (tertiary alicyclic amines) is 1. The molecule has 3 nitrogen and oxygen atoms in total. The maximum Gasteiger partial charge on any atom is 0.240 e. The summed E-state index contributed by atoms with van der Waals surface area (Å²) in [6, 6.07) is 8.58. The second-order valence-electron chi connectivity index (χ2n) is 5.64. The van der Waals surface area contributed by atoms with Gasteiger partial charge in [-0.1, -0.05) is 29.8 Å². The fraction of sp³-hybridized carbons (Fsp3) is 0.562. The first-order chi connectivity index (χ1) is 9.06. The van der Waals surface area contributed by atoms with Crippen LogP contribution in [0.1, 0.15) is 37.8 Å². The highest BCUT2D eigenvalue weighted by molar-refractivity contribution is 5.86. The van der Waals surface area contributed by atoms with E-state index in [1.807, 2.05) is 6.92 Å². The van der Waals surface area contributed by atoms with Crippen molar-refractivity contribution < 1.29 is 4.79 Å². The molecule has 3 heteroatoms. The number of likely N-dealkylation sites (N-methyl/N-ethyl adjacent to an activating group) is 1. The molecule has 104 valence electrons. The number of hydrogen-bond acceptors (Lipinski definition) is 2. The second-order valence-corrected chi connectivity index (χ2v) is 5.64. The van der Waals surface area contributed by atoms with Gasteiger partial charge in [0.05, 0.1) is 5.54 Å². The first-order valence-corrected chi connectivity index (χ1v) is 7.15. The molecular weight excluding hydrogens is 236 g/mol. The number of amides is 1. The lowest BCUT2D eigenvalue weighted by atomic mass is 9.97. The minimum absolute atomic E-state index is 0.166. The molecule has 0 aromatic heterocycles. The van der Waals surface area contributed by atoms with E-state index in [0.29, 0.717) is 6.54 Å². The zero-order valence-electron chi connectivity index (χ0n) is 12.2. The lowest BCUT2D eigenvalue weighted by Gasteiger charge is -2.33. The Hall–Kier alpha value is -1.35. The second kappa shape index (κ2) is 5.74. The number of hydrogen-bond donors (Lipinski definition) is 1. The topological polar surface area (TPSA) is 32.3 Å². The molecule has 1 amide bonds. The molecule has 0 saturated carbocycles. The van der Waals surface area contributed by atoms with Crippen molar-refractivity contribution in [2.24, 2.45) is 0 Å². The summed E-state index contributed by atoms with van der Waals surface area (Å²) in [7, 11) is 0. The first kappa shape index (κ1) is 14.1. The van der Waals surface area contributed by atoms with Gasteiger partial charge in [-0.2, -0.15) is 0 Å². The Labute approximate surface area is 116 Å². The van der Waals surface area contributed by atoms with Crippen LogP contribution in [0.25, 0.3) is 0 Å². The smallest absolute Gasteiger partial charge is 0.240 e. The van der Waals surface area contributed by atoms with Crippen molar-refractivity contribution in [1.29, 1.82) is 0 Å². The van der Waals surface area contributed by atoms with Crippen LogP contribution in [0.2, 0.25) is 0 Å². The third-order valence-corrected chi connectivity index (χ3v) is 4.11. The van der Waals surface area contributed by atoms with Gasteiger partial charge in [0.25, 0.3) is 0 Å². The van der Waals surface area contributed by atoms with E-state index in [1.54, 1.807) is 0 Å². The predicted molar refractivity (Wildman–Crippen MR) is 77.9 cm³/mol. The van der Waals surface area contributed by atoms with Crippen LogP contribution in [-0.4, -0.2) is 29.4 Å². The van der Waals surface area contributed by atoms with Crippen molar-refractivity contribution in [3.8, 4) is 0 Å². The van der Waals surface area contributed by atoms with E-state index in [-0.39, 0.29) is 11.4 Å². The number of rotatable bonds is 4.